The summed E-state index contributed by atoms with van der Waals surface area (Å²) in [5, 5.41) is 9.10. The number of aryl methyl sites for hydroxylation is 1. The van der Waals surface area contributed by atoms with Crippen LogP contribution in [-0.4, -0.2) is 20.6 Å². The molecule has 0 spiro atoms. The van der Waals surface area contributed by atoms with E-state index in [1.54, 1.807) is 13.1 Å². The molecule has 1 aromatic heterocycles. The molecule has 1 aromatic carbocycles. The molecule has 1 unspecified atom stereocenters. The number of aromatic nitrogens is 2. The van der Waals surface area contributed by atoms with E-state index in [4.69, 9.17) is 5.11 Å². The summed E-state index contributed by atoms with van der Waals surface area (Å²) < 4.78 is 1.88. The molecule has 4 nitrogen and oxygen atoms in total. The van der Waals surface area contributed by atoms with Crippen molar-refractivity contribution >= 4 is 5.97 Å². The summed E-state index contributed by atoms with van der Waals surface area (Å²) in [6.45, 7) is 1.68. The molecule has 2 aromatic rings. The lowest BCUT2D eigenvalue weighted by atomic mass is 9.95. The standard InChI is InChI=1S/C13H14N2O2/c1-9(13(16)17)10-5-3-4-6-11(10)12-14-7-8-15(12)2/h3-9H,1-2H3,(H,16,17). The number of benzene rings is 1. The van der Waals surface area contributed by atoms with Gasteiger partial charge in [0.2, 0.25) is 0 Å². The molecule has 2 rings (SSSR count). The first-order valence-electron chi connectivity index (χ1n) is 5.40. The van der Waals surface area contributed by atoms with Crippen LogP contribution in [0.3, 0.4) is 0 Å². The highest BCUT2D eigenvalue weighted by molar-refractivity contribution is 5.79. The van der Waals surface area contributed by atoms with Crippen LogP contribution in [0.15, 0.2) is 36.7 Å². The number of carbonyl (C=O) groups is 1. The van der Waals surface area contributed by atoms with Gasteiger partial charge in [0.15, 0.2) is 0 Å². The van der Waals surface area contributed by atoms with Crippen molar-refractivity contribution in [2.75, 3.05) is 0 Å². The van der Waals surface area contributed by atoms with Crippen LogP contribution in [-0.2, 0) is 11.8 Å². The van der Waals surface area contributed by atoms with Gasteiger partial charge in [-0.25, -0.2) is 4.98 Å². The lowest BCUT2D eigenvalue weighted by molar-refractivity contribution is -0.138. The zero-order valence-corrected chi connectivity index (χ0v) is 9.79. The minimum atomic E-state index is -0.827. The maximum atomic E-state index is 11.1. The number of nitrogens with zero attached hydrogens (tertiary/aromatic N) is 2. The Morgan fingerprint density at radius 3 is 2.71 bits per heavy atom. The van der Waals surface area contributed by atoms with Crippen molar-refractivity contribution in [1.82, 2.24) is 9.55 Å². The first kappa shape index (κ1) is 11.4. The monoisotopic (exact) mass is 230 g/mol. The molecule has 0 saturated carbocycles. The van der Waals surface area contributed by atoms with Crippen molar-refractivity contribution < 1.29 is 9.90 Å². The van der Waals surface area contributed by atoms with Gasteiger partial charge in [-0.15, -0.1) is 0 Å². The summed E-state index contributed by atoms with van der Waals surface area (Å²) in [7, 11) is 1.89. The molecule has 0 radical (unpaired) electrons. The normalized spacial score (nSPS) is 12.4. The van der Waals surface area contributed by atoms with Gasteiger partial charge in [-0.3, -0.25) is 4.79 Å². The molecule has 0 aliphatic heterocycles. The van der Waals surface area contributed by atoms with Gasteiger partial charge < -0.3 is 9.67 Å². The van der Waals surface area contributed by atoms with E-state index in [0.29, 0.717) is 0 Å². The summed E-state index contributed by atoms with van der Waals surface area (Å²) in [5.74, 6) is -0.580. The number of rotatable bonds is 3. The van der Waals surface area contributed by atoms with Crippen molar-refractivity contribution in [2.24, 2.45) is 7.05 Å². The second-order valence-electron chi connectivity index (χ2n) is 4.01. The van der Waals surface area contributed by atoms with Crippen molar-refractivity contribution in [3.8, 4) is 11.4 Å². The van der Waals surface area contributed by atoms with E-state index in [0.717, 1.165) is 17.0 Å². The number of carboxylic acid groups (broad SMARTS) is 1. The summed E-state index contributed by atoms with van der Waals surface area (Å²) in [4.78, 5) is 15.3. The van der Waals surface area contributed by atoms with Crippen LogP contribution in [0.4, 0.5) is 0 Å². The van der Waals surface area contributed by atoms with E-state index in [1.165, 1.54) is 0 Å². The average Bonchev–Trinajstić information content (AvgIpc) is 2.74. The zero-order chi connectivity index (χ0) is 12.4. The second kappa shape index (κ2) is 4.41. The van der Waals surface area contributed by atoms with Crippen LogP contribution in [0.2, 0.25) is 0 Å². The summed E-state index contributed by atoms with van der Waals surface area (Å²) in [6, 6.07) is 7.48. The molecular formula is C13H14N2O2. The lowest BCUT2D eigenvalue weighted by Gasteiger charge is -2.12. The molecule has 0 bridgehead atoms. The molecule has 1 atom stereocenters. The zero-order valence-electron chi connectivity index (χ0n) is 9.79. The third kappa shape index (κ3) is 2.06. The second-order valence-corrected chi connectivity index (χ2v) is 4.01. The predicted octanol–water partition coefficient (Wildman–Crippen LogP) is 2.28. The number of carboxylic acids is 1. The molecule has 1 heterocycles. The first-order valence-corrected chi connectivity index (χ1v) is 5.40. The quantitative estimate of drug-likeness (QED) is 0.880. The topological polar surface area (TPSA) is 55.1 Å². The van der Waals surface area contributed by atoms with Gasteiger partial charge in [-0.05, 0) is 12.5 Å². The molecule has 4 heteroatoms. The van der Waals surface area contributed by atoms with E-state index in [-0.39, 0.29) is 0 Å². The van der Waals surface area contributed by atoms with Crippen LogP contribution in [0.1, 0.15) is 18.4 Å². The molecule has 1 N–H and O–H groups in total. The van der Waals surface area contributed by atoms with Crippen molar-refractivity contribution in [1.29, 1.82) is 0 Å². The largest absolute Gasteiger partial charge is 0.481 e. The predicted molar refractivity (Wildman–Crippen MR) is 64.7 cm³/mol. The molecular weight excluding hydrogens is 216 g/mol. The van der Waals surface area contributed by atoms with Crippen LogP contribution < -0.4 is 0 Å². The molecule has 88 valence electrons. The maximum absolute atomic E-state index is 11.1. The maximum Gasteiger partial charge on any atom is 0.310 e. The Morgan fingerprint density at radius 2 is 2.12 bits per heavy atom. The van der Waals surface area contributed by atoms with Crippen molar-refractivity contribution in [3.05, 3.63) is 42.2 Å². The highest BCUT2D eigenvalue weighted by Crippen LogP contribution is 2.27. The molecule has 0 saturated heterocycles. The molecule has 0 amide bonds. The fraction of sp³-hybridized carbons (Fsp3) is 0.231. The molecule has 0 fully saturated rings. The van der Waals surface area contributed by atoms with Gasteiger partial charge in [0.1, 0.15) is 5.82 Å². The smallest absolute Gasteiger partial charge is 0.310 e. The highest BCUT2D eigenvalue weighted by Gasteiger charge is 2.19. The Balaban J connectivity index is 2.56. The fourth-order valence-electron chi connectivity index (χ4n) is 1.84. The molecule has 0 aliphatic carbocycles. The van der Waals surface area contributed by atoms with Crippen molar-refractivity contribution in [2.45, 2.75) is 12.8 Å². The van der Waals surface area contributed by atoms with Crippen LogP contribution in [0.25, 0.3) is 11.4 Å². The van der Waals surface area contributed by atoms with E-state index in [1.807, 2.05) is 42.1 Å². The molecule has 0 aliphatic rings. The van der Waals surface area contributed by atoms with Crippen LogP contribution in [0.5, 0.6) is 0 Å². The fourth-order valence-corrected chi connectivity index (χ4v) is 1.84. The molecule has 17 heavy (non-hydrogen) atoms. The van der Waals surface area contributed by atoms with Gasteiger partial charge in [0.25, 0.3) is 0 Å². The van der Waals surface area contributed by atoms with Crippen LogP contribution in [0, 0.1) is 0 Å². The highest BCUT2D eigenvalue weighted by atomic mass is 16.4. The summed E-state index contributed by atoms with van der Waals surface area (Å²) in [6.07, 6.45) is 3.55. The van der Waals surface area contributed by atoms with Gasteiger partial charge in [0.05, 0.1) is 5.92 Å². The lowest BCUT2D eigenvalue weighted by Crippen LogP contribution is -2.09. The minimum absolute atomic E-state index is 0.539. The SMILES string of the molecule is CC(C(=O)O)c1ccccc1-c1nccn1C. The number of aliphatic carboxylic acids is 1. The van der Waals surface area contributed by atoms with Gasteiger partial charge in [-0.2, -0.15) is 0 Å². The Hall–Kier alpha value is -2.10. The number of imidazole rings is 1. The number of hydrogen-bond donors (Lipinski definition) is 1. The minimum Gasteiger partial charge on any atom is -0.481 e. The van der Waals surface area contributed by atoms with E-state index < -0.39 is 11.9 Å². The first-order chi connectivity index (χ1) is 8.11. The third-order valence-electron chi connectivity index (χ3n) is 2.86. The van der Waals surface area contributed by atoms with Crippen molar-refractivity contribution in [3.63, 3.8) is 0 Å². The number of hydrogen-bond acceptors (Lipinski definition) is 2. The Bertz CT molecular complexity index is 546. The summed E-state index contributed by atoms with van der Waals surface area (Å²) in [5.41, 5.74) is 1.66. The van der Waals surface area contributed by atoms with E-state index in [2.05, 4.69) is 4.98 Å². The summed E-state index contributed by atoms with van der Waals surface area (Å²) >= 11 is 0. The van der Waals surface area contributed by atoms with E-state index in [9.17, 15) is 4.79 Å². The van der Waals surface area contributed by atoms with Gasteiger partial charge >= 0.3 is 5.97 Å². The van der Waals surface area contributed by atoms with Gasteiger partial charge in [0, 0.05) is 25.0 Å². The Labute approximate surface area is 99.5 Å². The third-order valence-corrected chi connectivity index (χ3v) is 2.86. The Morgan fingerprint density at radius 1 is 1.41 bits per heavy atom. The van der Waals surface area contributed by atoms with E-state index >= 15 is 0 Å². The average molecular weight is 230 g/mol. The Kier molecular flexibility index (Phi) is 2.95. The van der Waals surface area contributed by atoms with Gasteiger partial charge in [-0.1, -0.05) is 24.3 Å². The van der Waals surface area contributed by atoms with Crippen LogP contribution >= 0.6 is 0 Å².